The third-order valence-corrected chi connectivity index (χ3v) is 4.69. The Balaban J connectivity index is 0.00000108. The van der Waals surface area contributed by atoms with Gasteiger partial charge >= 0.3 is 12.3 Å². The maximum atomic E-state index is 13.7. The van der Waals surface area contributed by atoms with E-state index in [1.54, 1.807) is 6.92 Å². The summed E-state index contributed by atoms with van der Waals surface area (Å²) in [4.78, 5) is 33.3. The van der Waals surface area contributed by atoms with E-state index in [1.807, 2.05) is 0 Å². The smallest absolute Gasteiger partial charge is 0.368 e. The summed E-state index contributed by atoms with van der Waals surface area (Å²) in [5.41, 5.74) is -0.672. The zero-order chi connectivity index (χ0) is 25.8. The first-order valence-electron chi connectivity index (χ1n) is 9.87. The van der Waals surface area contributed by atoms with Crippen molar-refractivity contribution >= 4 is 29.2 Å². The van der Waals surface area contributed by atoms with Gasteiger partial charge in [0.15, 0.2) is 11.5 Å². The lowest BCUT2D eigenvalue weighted by atomic mass is 10.1. The van der Waals surface area contributed by atoms with Crippen LogP contribution in [-0.4, -0.2) is 33.2 Å². The van der Waals surface area contributed by atoms with Crippen molar-refractivity contribution in [2.45, 2.75) is 13.1 Å². The Bertz CT molecular complexity index is 1390. The van der Waals surface area contributed by atoms with E-state index in [0.717, 1.165) is 6.07 Å². The summed E-state index contributed by atoms with van der Waals surface area (Å²) in [6.07, 6.45) is -3.24. The van der Waals surface area contributed by atoms with Gasteiger partial charge in [-0.1, -0.05) is 0 Å². The lowest BCUT2D eigenvalue weighted by Crippen LogP contribution is -2.11. The number of carbonyl (C=O) groups is 1. The zero-order valence-electron chi connectivity index (χ0n) is 17.8. The first-order valence-corrected chi connectivity index (χ1v) is 9.87. The molecule has 13 heteroatoms. The Kier molecular flexibility index (Phi) is 7.31. The summed E-state index contributed by atoms with van der Waals surface area (Å²) < 4.78 is 67.8. The normalized spacial score (nSPS) is 10.9. The van der Waals surface area contributed by atoms with Crippen LogP contribution in [-0.2, 0) is 15.8 Å². The minimum Gasteiger partial charge on any atom is -0.368 e. The number of nitrogens with one attached hydrogen (secondary N) is 3. The molecule has 0 unspecified atom stereocenters. The number of fused-ring (bicyclic) bond motifs is 1. The zero-order valence-corrected chi connectivity index (χ0v) is 17.8. The van der Waals surface area contributed by atoms with Crippen LogP contribution in [0.1, 0.15) is 22.8 Å². The predicted molar refractivity (Wildman–Crippen MR) is 113 cm³/mol. The van der Waals surface area contributed by atoms with Crippen molar-refractivity contribution in [3.63, 3.8) is 0 Å². The number of aromatic amines is 1. The number of halogens is 5. The van der Waals surface area contributed by atoms with Crippen molar-refractivity contribution in [3.8, 4) is 11.3 Å². The molecule has 0 saturated heterocycles. The number of anilines is 2. The van der Waals surface area contributed by atoms with Crippen LogP contribution in [0.3, 0.4) is 0 Å². The molecule has 0 spiro atoms. The van der Waals surface area contributed by atoms with Crippen LogP contribution in [0.15, 0.2) is 48.7 Å². The molecule has 4 rings (SSSR count). The lowest BCUT2D eigenvalue weighted by molar-refractivity contribution is -0.191. The van der Waals surface area contributed by atoms with Gasteiger partial charge in [0, 0.05) is 24.0 Å². The number of carbonyl (C=O) groups excluding carboxylic acids is 3. The number of hydrogen-bond acceptors (Lipinski definition) is 5. The number of imidazole rings is 1. The van der Waals surface area contributed by atoms with E-state index in [0.29, 0.717) is 24.1 Å². The van der Waals surface area contributed by atoms with Gasteiger partial charge in [-0.15, -0.1) is 0 Å². The van der Waals surface area contributed by atoms with Crippen molar-refractivity contribution in [1.82, 2.24) is 14.6 Å². The number of nitrogens with zero attached hydrogens (tertiary/aromatic N) is 2. The van der Waals surface area contributed by atoms with Crippen LogP contribution in [0.4, 0.5) is 33.5 Å². The molecule has 0 radical (unpaired) electrons. The fraction of sp³-hybridized carbons (Fsp3) is 0.136. The number of benzene rings is 2. The lowest BCUT2D eigenvalue weighted by Gasteiger charge is -2.10. The number of H-pyrrole nitrogens is 1. The molecule has 0 saturated carbocycles. The molecule has 0 atom stereocenters. The second-order valence-electron chi connectivity index (χ2n) is 6.92. The van der Waals surface area contributed by atoms with Crippen LogP contribution in [0.25, 0.3) is 16.9 Å². The highest BCUT2D eigenvalue weighted by Gasteiger charge is 2.35. The maximum absolute atomic E-state index is 13.7. The first kappa shape index (κ1) is 25.1. The molecule has 0 fully saturated rings. The number of aromatic nitrogens is 3. The average molecular weight is 493 g/mol. The van der Waals surface area contributed by atoms with Gasteiger partial charge in [0.05, 0.1) is 5.56 Å². The molecule has 3 N–H and O–H groups in total. The molecule has 2 aromatic carbocycles. The van der Waals surface area contributed by atoms with Crippen molar-refractivity contribution in [2.75, 3.05) is 17.2 Å². The summed E-state index contributed by atoms with van der Waals surface area (Å²) in [7, 11) is 0. The molecular weight excluding hydrogens is 477 g/mol. The second-order valence-corrected chi connectivity index (χ2v) is 6.92. The molecule has 0 bridgehead atoms. The molecule has 0 aliphatic heterocycles. The van der Waals surface area contributed by atoms with Crippen LogP contribution in [0, 0.1) is 11.6 Å². The third-order valence-electron chi connectivity index (χ3n) is 4.69. The fourth-order valence-electron chi connectivity index (χ4n) is 3.24. The van der Waals surface area contributed by atoms with E-state index >= 15 is 0 Å². The molecule has 2 heterocycles. The van der Waals surface area contributed by atoms with Gasteiger partial charge in [0.25, 0.3) is 5.91 Å². The van der Waals surface area contributed by atoms with E-state index in [-0.39, 0.29) is 28.6 Å². The van der Waals surface area contributed by atoms with Gasteiger partial charge in [0.2, 0.25) is 0 Å². The topological polar surface area (TPSA) is 108 Å². The fourth-order valence-corrected chi connectivity index (χ4v) is 3.24. The van der Waals surface area contributed by atoms with Gasteiger partial charge in [-0.3, -0.25) is 9.89 Å². The van der Waals surface area contributed by atoms with Crippen molar-refractivity contribution in [1.29, 1.82) is 0 Å². The van der Waals surface area contributed by atoms with E-state index in [2.05, 4.69) is 20.7 Å². The van der Waals surface area contributed by atoms with Gasteiger partial charge in [0.1, 0.15) is 22.9 Å². The van der Waals surface area contributed by atoms with Crippen LogP contribution in [0.5, 0.6) is 0 Å². The molecule has 4 aromatic rings. The van der Waals surface area contributed by atoms with Crippen molar-refractivity contribution in [2.24, 2.45) is 0 Å². The van der Waals surface area contributed by atoms with E-state index in [9.17, 15) is 26.7 Å². The Hall–Kier alpha value is -4.51. The maximum Gasteiger partial charge on any atom is 0.419 e. The monoisotopic (exact) mass is 493 g/mol. The molecule has 182 valence electrons. The van der Waals surface area contributed by atoms with Crippen molar-refractivity contribution in [3.05, 3.63) is 71.4 Å². The molecule has 1 amide bonds. The van der Waals surface area contributed by atoms with Crippen LogP contribution >= 0.6 is 0 Å². The second kappa shape index (κ2) is 10.2. The Morgan fingerprint density at radius 3 is 2.37 bits per heavy atom. The van der Waals surface area contributed by atoms with Gasteiger partial charge in [-0.25, -0.2) is 18.3 Å². The highest BCUT2D eigenvalue weighted by atomic mass is 19.4. The Morgan fingerprint density at radius 1 is 1.11 bits per heavy atom. The first-order chi connectivity index (χ1) is 16.6. The minimum absolute atomic E-state index is 0.0247. The number of hydrogen-bond donors (Lipinski definition) is 3. The van der Waals surface area contributed by atoms with Crippen molar-refractivity contribution < 1.29 is 36.3 Å². The largest absolute Gasteiger partial charge is 0.419 e. The quantitative estimate of drug-likeness (QED) is 0.349. The highest BCUT2D eigenvalue weighted by molar-refractivity contribution is 6.08. The SMILES string of the molecule is CCNc1c(-c2ccc(F)c(C(F)(F)F)c2)nc2c(C(=O)Nc3ccc(F)cc3)c[nH]n12.O=C=O. The molecule has 0 aliphatic rings. The predicted octanol–water partition coefficient (Wildman–Crippen LogP) is 4.73. The van der Waals surface area contributed by atoms with Gasteiger partial charge < -0.3 is 10.6 Å². The Morgan fingerprint density at radius 2 is 1.77 bits per heavy atom. The van der Waals surface area contributed by atoms with E-state index in [1.165, 1.54) is 41.0 Å². The summed E-state index contributed by atoms with van der Waals surface area (Å²) in [6, 6.07) is 7.73. The summed E-state index contributed by atoms with van der Waals surface area (Å²) in [5.74, 6) is -2.10. The summed E-state index contributed by atoms with van der Waals surface area (Å²) >= 11 is 0. The molecule has 8 nitrogen and oxygen atoms in total. The standard InChI is InChI=1S/C21H16F5N5O.CO2/c1-2-27-19-17(11-3-8-16(23)15(9-11)21(24,25)26)30-18-14(10-28-31(18)19)20(32)29-13-6-4-12(22)5-7-13;2-1-3/h3-10,27-28H,2H2,1H3,(H,29,32);. The molecule has 2 aromatic heterocycles. The van der Waals surface area contributed by atoms with Crippen LogP contribution in [0.2, 0.25) is 0 Å². The third kappa shape index (κ3) is 5.36. The number of amides is 1. The summed E-state index contributed by atoms with van der Waals surface area (Å²) in [6.45, 7) is 2.18. The molecule has 0 aliphatic carbocycles. The van der Waals surface area contributed by atoms with E-state index < -0.39 is 29.3 Å². The molecule has 35 heavy (non-hydrogen) atoms. The number of rotatable bonds is 5. The summed E-state index contributed by atoms with van der Waals surface area (Å²) in [5, 5.41) is 8.44. The number of alkyl halides is 3. The Labute approximate surface area is 193 Å². The van der Waals surface area contributed by atoms with E-state index in [4.69, 9.17) is 9.59 Å². The molecular formula is C22H16F5N5O3. The van der Waals surface area contributed by atoms with Gasteiger partial charge in [-0.05, 0) is 49.4 Å². The van der Waals surface area contributed by atoms with Gasteiger partial charge in [-0.2, -0.15) is 22.8 Å². The van der Waals surface area contributed by atoms with Crippen LogP contribution < -0.4 is 10.6 Å². The highest BCUT2D eigenvalue weighted by Crippen LogP contribution is 2.36. The average Bonchev–Trinajstić information content (AvgIpc) is 3.36. The minimum atomic E-state index is -4.88.